The number of rotatable bonds is 4. The summed E-state index contributed by atoms with van der Waals surface area (Å²) < 4.78 is 13.2. The standard InChI is InChI=1S/C18H21N5O2/c1-13-15(10-22(2)20-13)11-23-8-9-24-16(12-23)18-19-17(21-25-18)14-6-4-3-5-7-14/h3-7,10,16H,8-9,11-12H2,1-2H3/t16-/m1/s1. The molecule has 1 aliphatic rings. The maximum absolute atomic E-state index is 5.86. The maximum Gasteiger partial charge on any atom is 0.257 e. The van der Waals surface area contributed by atoms with E-state index in [4.69, 9.17) is 9.26 Å². The number of hydrogen-bond donors (Lipinski definition) is 0. The molecule has 2 aromatic heterocycles. The molecule has 7 heteroatoms. The highest BCUT2D eigenvalue weighted by atomic mass is 16.5. The molecule has 3 heterocycles. The molecule has 1 aromatic carbocycles. The first kappa shape index (κ1) is 16.0. The van der Waals surface area contributed by atoms with Crippen LogP contribution in [0.3, 0.4) is 0 Å². The highest BCUT2D eigenvalue weighted by molar-refractivity contribution is 5.53. The molecular weight excluding hydrogens is 318 g/mol. The lowest BCUT2D eigenvalue weighted by Crippen LogP contribution is -2.38. The highest BCUT2D eigenvalue weighted by Crippen LogP contribution is 2.25. The molecule has 1 aliphatic heterocycles. The molecule has 0 radical (unpaired) electrons. The van der Waals surface area contributed by atoms with Crippen LogP contribution in [-0.2, 0) is 18.3 Å². The summed E-state index contributed by atoms with van der Waals surface area (Å²) in [5.41, 5.74) is 3.24. The van der Waals surface area contributed by atoms with Gasteiger partial charge in [0, 0.05) is 44.0 Å². The lowest BCUT2D eigenvalue weighted by Gasteiger charge is -2.30. The topological polar surface area (TPSA) is 69.2 Å². The van der Waals surface area contributed by atoms with Crippen molar-refractivity contribution in [3.8, 4) is 11.4 Å². The zero-order valence-corrected chi connectivity index (χ0v) is 14.4. The Morgan fingerprint density at radius 2 is 2.08 bits per heavy atom. The zero-order valence-electron chi connectivity index (χ0n) is 14.4. The van der Waals surface area contributed by atoms with Crippen molar-refractivity contribution in [3.63, 3.8) is 0 Å². The number of aromatic nitrogens is 4. The van der Waals surface area contributed by atoms with Gasteiger partial charge in [0.15, 0.2) is 0 Å². The van der Waals surface area contributed by atoms with Crippen molar-refractivity contribution in [1.29, 1.82) is 0 Å². The molecule has 7 nitrogen and oxygen atoms in total. The molecule has 4 rings (SSSR count). The van der Waals surface area contributed by atoms with Gasteiger partial charge in [-0.1, -0.05) is 35.5 Å². The average Bonchev–Trinajstić information content (AvgIpc) is 3.23. The third-order valence-electron chi connectivity index (χ3n) is 4.41. The minimum absolute atomic E-state index is 0.198. The van der Waals surface area contributed by atoms with Gasteiger partial charge in [-0.2, -0.15) is 10.1 Å². The van der Waals surface area contributed by atoms with E-state index in [-0.39, 0.29) is 6.10 Å². The third kappa shape index (κ3) is 3.47. The van der Waals surface area contributed by atoms with Gasteiger partial charge < -0.3 is 9.26 Å². The van der Waals surface area contributed by atoms with Gasteiger partial charge in [0.25, 0.3) is 5.89 Å². The highest BCUT2D eigenvalue weighted by Gasteiger charge is 2.27. The van der Waals surface area contributed by atoms with Crippen LogP contribution in [0, 0.1) is 6.92 Å². The minimum Gasteiger partial charge on any atom is -0.366 e. The van der Waals surface area contributed by atoms with Crippen molar-refractivity contribution < 1.29 is 9.26 Å². The van der Waals surface area contributed by atoms with E-state index >= 15 is 0 Å². The van der Waals surface area contributed by atoms with Crippen molar-refractivity contribution >= 4 is 0 Å². The van der Waals surface area contributed by atoms with Crippen molar-refractivity contribution in [1.82, 2.24) is 24.8 Å². The van der Waals surface area contributed by atoms with Crippen LogP contribution in [0.5, 0.6) is 0 Å². The van der Waals surface area contributed by atoms with Gasteiger partial charge in [-0.15, -0.1) is 0 Å². The first-order valence-electron chi connectivity index (χ1n) is 8.41. The van der Waals surface area contributed by atoms with E-state index in [0.29, 0.717) is 18.3 Å². The van der Waals surface area contributed by atoms with Gasteiger partial charge in [-0.3, -0.25) is 9.58 Å². The molecule has 1 fully saturated rings. The first-order valence-corrected chi connectivity index (χ1v) is 8.41. The van der Waals surface area contributed by atoms with Crippen molar-refractivity contribution in [2.75, 3.05) is 19.7 Å². The fourth-order valence-electron chi connectivity index (χ4n) is 3.11. The lowest BCUT2D eigenvalue weighted by atomic mass is 10.2. The Morgan fingerprint density at radius 3 is 2.84 bits per heavy atom. The fourth-order valence-corrected chi connectivity index (χ4v) is 3.11. The molecule has 0 unspecified atom stereocenters. The summed E-state index contributed by atoms with van der Waals surface area (Å²) in [6.07, 6.45) is 1.87. The lowest BCUT2D eigenvalue weighted by molar-refractivity contribution is -0.0475. The number of benzene rings is 1. The van der Waals surface area contributed by atoms with E-state index < -0.39 is 0 Å². The Labute approximate surface area is 146 Å². The minimum atomic E-state index is -0.198. The molecule has 1 atom stereocenters. The van der Waals surface area contributed by atoms with Crippen LogP contribution in [0.1, 0.15) is 23.3 Å². The van der Waals surface area contributed by atoms with E-state index in [1.165, 1.54) is 5.56 Å². The molecule has 0 amide bonds. The van der Waals surface area contributed by atoms with Crippen molar-refractivity contribution in [2.24, 2.45) is 7.05 Å². The number of aryl methyl sites for hydroxylation is 2. The molecule has 130 valence electrons. The predicted molar refractivity (Wildman–Crippen MR) is 91.6 cm³/mol. The van der Waals surface area contributed by atoms with Crippen LogP contribution >= 0.6 is 0 Å². The summed E-state index contributed by atoms with van der Waals surface area (Å²) in [5.74, 6) is 1.13. The van der Waals surface area contributed by atoms with Gasteiger partial charge in [0.05, 0.1) is 12.3 Å². The maximum atomic E-state index is 5.86. The molecule has 0 bridgehead atoms. The van der Waals surface area contributed by atoms with Gasteiger partial charge >= 0.3 is 0 Å². The SMILES string of the molecule is Cc1nn(C)cc1CN1CCO[C@@H](c2nc(-c3ccccc3)no2)C1. The van der Waals surface area contributed by atoms with E-state index in [1.54, 1.807) is 0 Å². The smallest absolute Gasteiger partial charge is 0.257 e. The molecule has 25 heavy (non-hydrogen) atoms. The van der Waals surface area contributed by atoms with Crippen LogP contribution in [0.15, 0.2) is 41.1 Å². The second kappa shape index (κ2) is 6.78. The third-order valence-corrected chi connectivity index (χ3v) is 4.41. The molecule has 1 saturated heterocycles. The summed E-state index contributed by atoms with van der Waals surface area (Å²) in [6.45, 7) is 5.14. The molecule has 0 spiro atoms. The van der Waals surface area contributed by atoms with E-state index in [2.05, 4.69) is 26.3 Å². The van der Waals surface area contributed by atoms with E-state index in [0.717, 1.165) is 30.9 Å². The van der Waals surface area contributed by atoms with Gasteiger partial charge in [0.2, 0.25) is 5.82 Å². The molecule has 0 aliphatic carbocycles. The second-order valence-corrected chi connectivity index (χ2v) is 6.33. The number of hydrogen-bond acceptors (Lipinski definition) is 6. The number of ether oxygens (including phenoxy) is 1. The van der Waals surface area contributed by atoms with Crippen molar-refractivity contribution in [2.45, 2.75) is 19.6 Å². The van der Waals surface area contributed by atoms with Crippen LogP contribution in [0.4, 0.5) is 0 Å². The molecule has 0 N–H and O–H groups in total. The Hall–Kier alpha value is -2.51. The predicted octanol–water partition coefficient (Wildman–Crippen LogP) is 2.35. The Kier molecular flexibility index (Phi) is 4.33. The molecular formula is C18H21N5O2. The number of morpholine rings is 1. The first-order chi connectivity index (χ1) is 12.2. The summed E-state index contributed by atoms with van der Waals surface area (Å²) in [4.78, 5) is 6.86. The van der Waals surface area contributed by atoms with E-state index in [1.807, 2.05) is 49.0 Å². The number of nitrogens with zero attached hydrogens (tertiary/aromatic N) is 5. The van der Waals surface area contributed by atoms with E-state index in [9.17, 15) is 0 Å². The molecule has 0 saturated carbocycles. The van der Waals surface area contributed by atoms with Crippen molar-refractivity contribution in [3.05, 3.63) is 53.7 Å². The van der Waals surface area contributed by atoms with Gasteiger partial charge in [-0.05, 0) is 6.92 Å². The van der Waals surface area contributed by atoms with Crippen LogP contribution in [-0.4, -0.2) is 44.5 Å². The summed E-state index contributed by atoms with van der Waals surface area (Å²) >= 11 is 0. The van der Waals surface area contributed by atoms with Gasteiger partial charge in [-0.25, -0.2) is 0 Å². The van der Waals surface area contributed by atoms with Crippen LogP contribution < -0.4 is 0 Å². The Morgan fingerprint density at radius 1 is 1.24 bits per heavy atom. The summed E-state index contributed by atoms with van der Waals surface area (Å²) in [5, 5.41) is 8.50. The zero-order chi connectivity index (χ0) is 17.2. The summed E-state index contributed by atoms with van der Waals surface area (Å²) in [6, 6.07) is 9.82. The molecule has 3 aromatic rings. The Balaban J connectivity index is 1.46. The van der Waals surface area contributed by atoms with Crippen LogP contribution in [0.2, 0.25) is 0 Å². The largest absolute Gasteiger partial charge is 0.366 e. The second-order valence-electron chi connectivity index (χ2n) is 6.33. The quantitative estimate of drug-likeness (QED) is 0.727. The monoisotopic (exact) mass is 339 g/mol. The normalized spacial score (nSPS) is 18.6. The van der Waals surface area contributed by atoms with Gasteiger partial charge in [0.1, 0.15) is 6.10 Å². The fraction of sp³-hybridized carbons (Fsp3) is 0.389. The Bertz CT molecular complexity index is 842. The average molecular weight is 339 g/mol. The van der Waals surface area contributed by atoms with Crippen LogP contribution in [0.25, 0.3) is 11.4 Å². The summed E-state index contributed by atoms with van der Waals surface area (Å²) in [7, 11) is 1.95.